The van der Waals surface area contributed by atoms with Crippen molar-refractivity contribution in [3.63, 3.8) is 0 Å². The summed E-state index contributed by atoms with van der Waals surface area (Å²) in [4.78, 5) is 40.7. The van der Waals surface area contributed by atoms with Gasteiger partial charge >= 0.3 is 5.97 Å². The zero-order chi connectivity index (χ0) is 26.4. The van der Waals surface area contributed by atoms with Crippen LogP contribution >= 0.6 is 0 Å². The van der Waals surface area contributed by atoms with Gasteiger partial charge in [-0.05, 0) is 62.1 Å². The molecule has 1 aromatic rings. The highest BCUT2D eigenvalue weighted by Gasteiger charge is 2.23. The van der Waals surface area contributed by atoms with Gasteiger partial charge < -0.3 is 10.1 Å². The quantitative estimate of drug-likeness (QED) is 0.215. The molecule has 1 aliphatic carbocycles. The Hall–Kier alpha value is -2.50. The summed E-state index contributed by atoms with van der Waals surface area (Å²) in [7, 11) is 0. The molecule has 1 heterocycles. The van der Waals surface area contributed by atoms with Crippen LogP contribution in [-0.2, 0) is 14.3 Å². The molecular formula is C30H46N2O4. The molecule has 1 aromatic heterocycles. The van der Waals surface area contributed by atoms with Crippen molar-refractivity contribution in [2.24, 2.45) is 11.3 Å². The fraction of sp³-hybridized carbons (Fsp3) is 0.667. The topological polar surface area (TPSA) is 85.4 Å². The van der Waals surface area contributed by atoms with Crippen LogP contribution in [-0.4, -0.2) is 35.8 Å². The molecule has 2 rings (SSSR count). The van der Waals surface area contributed by atoms with Crippen molar-refractivity contribution in [2.75, 3.05) is 13.2 Å². The van der Waals surface area contributed by atoms with Crippen LogP contribution in [0.1, 0.15) is 121 Å². The lowest BCUT2D eigenvalue weighted by Gasteiger charge is -2.20. The number of amides is 1. The number of aromatic nitrogens is 1. The second kappa shape index (κ2) is 15.6. The number of nitrogens with zero attached hydrogens (tertiary/aromatic N) is 1. The van der Waals surface area contributed by atoms with E-state index in [0.717, 1.165) is 56.2 Å². The lowest BCUT2D eigenvalue weighted by atomic mass is 9.88. The number of ether oxygens (including phenoxy) is 1. The zero-order valence-electron chi connectivity index (χ0n) is 22.9. The summed E-state index contributed by atoms with van der Waals surface area (Å²) in [5, 5.41) is 2.99. The lowest BCUT2D eigenvalue weighted by molar-refractivity contribution is -0.148. The Morgan fingerprint density at radius 2 is 1.72 bits per heavy atom. The molecule has 1 unspecified atom stereocenters. The first kappa shape index (κ1) is 29.7. The van der Waals surface area contributed by atoms with Gasteiger partial charge in [-0.2, -0.15) is 0 Å². The number of esters is 1. The van der Waals surface area contributed by atoms with Gasteiger partial charge in [0.25, 0.3) is 5.91 Å². The van der Waals surface area contributed by atoms with Crippen molar-refractivity contribution in [1.29, 1.82) is 0 Å². The van der Waals surface area contributed by atoms with Gasteiger partial charge in [-0.1, -0.05) is 59.0 Å². The van der Waals surface area contributed by atoms with E-state index in [1.807, 2.05) is 19.1 Å². The SMILES string of the molecule is CCOC(=O)C1CC=C(c2ccc(C(=O)NCCCCCCCCCC(=O)CC(C)(C)C)cn2)CC1. The minimum absolute atomic E-state index is 0.0622. The van der Waals surface area contributed by atoms with Crippen molar-refractivity contribution in [1.82, 2.24) is 10.3 Å². The van der Waals surface area contributed by atoms with E-state index in [0.29, 0.717) is 43.8 Å². The maximum absolute atomic E-state index is 12.4. The predicted molar refractivity (Wildman–Crippen MR) is 145 cm³/mol. The molecule has 1 atom stereocenters. The van der Waals surface area contributed by atoms with Crippen LogP contribution in [0, 0.1) is 11.3 Å². The van der Waals surface area contributed by atoms with E-state index >= 15 is 0 Å². The molecule has 36 heavy (non-hydrogen) atoms. The number of nitrogens with one attached hydrogen (secondary N) is 1. The van der Waals surface area contributed by atoms with E-state index in [-0.39, 0.29) is 23.2 Å². The second-order valence-corrected chi connectivity index (χ2v) is 11.1. The molecule has 200 valence electrons. The largest absolute Gasteiger partial charge is 0.466 e. The molecule has 1 aliphatic rings. The van der Waals surface area contributed by atoms with Crippen LogP contribution in [0.4, 0.5) is 0 Å². The van der Waals surface area contributed by atoms with Gasteiger partial charge in [0.2, 0.25) is 0 Å². The van der Waals surface area contributed by atoms with Gasteiger partial charge in [-0.3, -0.25) is 19.4 Å². The fourth-order valence-electron chi connectivity index (χ4n) is 4.57. The van der Waals surface area contributed by atoms with Gasteiger partial charge in [-0.25, -0.2) is 0 Å². The molecule has 6 heteroatoms. The van der Waals surface area contributed by atoms with E-state index in [2.05, 4.69) is 37.1 Å². The lowest BCUT2D eigenvalue weighted by Crippen LogP contribution is -2.24. The highest BCUT2D eigenvalue weighted by Crippen LogP contribution is 2.30. The predicted octanol–water partition coefficient (Wildman–Crippen LogP) is 6.68. The number of Topliss-reactive ketones (excluding diaryl/α,β-unsaturated/α-hetero) is 1. The third kappa shape index (κ3) is 11.5. The molecule has 6 nitrogen and oxygen atoms in total. The Morgan fingerprint density at radius 1 is 1.03 bits per heavy atom. The third-order valence-corrected chi connectivity index (χ3v) is 6.53. The van der Waals surface area contributed by atoms with Crippen molar-refractivity contribution in [3.8, 4) is 0 Å². The van der Waals surface area contributed by atoms with Gasteiger partial charge in [0, 0.05) is 25.6 Å². The molecule has 0 fully saturated rings. The number of hydrogen-bond acceptors (Lipinski definition) is 5. The number of allylic oxidation sites excluding steroid dienone is 2. The second-order valence-electron chi connectivity index (χ2n) is 11.1. The van der Waals surface area contributed by atoms with Crippen LogP contribution in [0.15, 0.2) is 24.4 Å². The number of ketones is 1. The minimum atomic E-state index is -0.118. The number of carbonyl (C=O) groups is 3. The summed E-state index contributed by atoms with van der Waals surface area (Å²) < 4.78 is 5.12. The molecule has 0 bridgehead atoms. The van der Waals surface area contributed by atoms with Crippen LogP contribution in [0.3, 0.4) is 0 Å². The van der Waals surface area contributed by atoms with E-state index in [9.17, 15) is 14.4 Å². The highest BCUT2D eigenvalue weighted by molar-refractivity contribution is 5.94. The van der Waals surface area contributed by atoms with Crippen molar-refractivity contribution >= 4 is 23.2 Å². The van der Waals surface area contributed by atoms with Gasteiger partial charge in [-0.15, -0.1) is 0 Å². The average molecular weight is 499 g/mol. The van der Waals surface area contributed by atoms with E-state index in [1.165, 1.54) is 12.8 Å². The van der Waals surface area contributed by atoms with E-state index < -0.39 is 0 Å². The summed E-state index contributed by atoms with van der Waals surface area (Å²) in [5.41, 5.74) is 2.66. The van der Waals surface area contributed by atoms with E-state index in [4.69, 9.17) is 4.74 Å². The zero-order valence-corrected chi connectivity index (χ0v) is 22.9. The maximum atomic E-state index is 12.4. The Balaban J connectivity index is 1.56. The Morgan fingerprint density at radius 3 is 2.31 bits per heavy atom. The van der Waals surface area contributed by atoms with Crippen LogP contribution in [0.2, 0.25) is 0 Å². The molecule has 0 saturated heterocycles. The minimum Gasteiger partial charge on any atom is -0.466 e. The molecule has 0 aliphatic heterocycles. The number of carbonyl (C=O) groups excluding carboxylic acids is 3. The first-order valence-corrected chi connectivity index (χ1v) is 13.8. The van der Waals surface area contributed by atoms with Crippen LogP contribution in [0.25, 0.3) is 5.57 Å². The normalized spacial score (nSPS) is 15.8. The smallest absolute Gasteiger partial charge is 0.309 e. The summed E-state index contributed by atoms with van der Waals surface area (Å²) >= 11 is 0. The molecule has 0 saturated carbocycles. The first-order chi connectivity index (χ1) is 17.2. The highest BCUT2D eigenvalue weighted by atomic mass is 16.5. The third-order valence-electron chi connectivity index (χ3n) is 6.53. The van der Waals surface area contributed by atoms with Crippen molar-refractivity contribution in [3.05, 3.63) is 35.7 Å². The summed E-state index contributed by atoms with van der Waals surface area (Å²) in [6, 6.07) is 3.71. The van der Waals surface area contributed by atoms with Crippen LogP contribution < -0.4 is 5.32 Å². The summed E-state index contributed by atoms with van der Waals surface area (Å²) in [5.74, 6) is 0.118. The van der Waals surface area contributed by atoms with Crippen molar-refractivity contribution in [2.45, 2.75) is 105 Å². The summed E-state index contributed by atoms with van der Waals surface area (Å²) in [6.07, 6.45) is 15.0. The Kier molecular flexibility index (Phi) is 12.9. The fourth-order valence-corrected chi connectivity index (χ4v) is 4.57. The standard InChI is InChI=1S/C30H46N2O4/c1-5-36-29(35)24-16-14-23(15-17-24)27-19-18-25(22-32-27)28(34)31-20-12-10-8-6-7-9-11-13-26(33)21-30(2,3)4/h14,18-19,22,24H,5-13,15-17,20-21H2,1-4H3,(H,31,34). The number of hydrogen-bond donors (Lipinski definition) is 1. The van der Waals surface area contributed by atoms with Gasteiger partial charge in [0.15, 0.2) is 0 Å². The maximum Gasteiger partial charge on any atom is 0.309 e. The van der Waals surface area contributed by atoms with Gasteiger partial charge in [0.05, 0.1) is 23.8 Å². The molecule has 0 spiro atoms. The number of pyridine rings is 1. The summed E-state index contributed by atoms with van der Waals surface area (Å²) in [6.45, 7) is 9.25. The van der Waals surface area contributed by atoms with Crippen molar-refractivity contribution < 1.29 is 19.1 Å². The number of rotatable bonds is 15. The van der Waals surface area contributed by atoms with Crippen LogP contribution in [0.5, 0.6) is 0 Å². The molecule has 0 aromatic carbocycles. The molecular weight excluding hydrogens is 452 g/mol. The average Bonchev–Trinajstić information content (AvgIpc) is 2.84. The molecule has 1 amide bonds. The Bertz CT molecular complexity index is 868. The molecule has 0 radical (unpaired) electrons. The monoisotopic (exact) mass is 498 g/mol. The Labute approximate surface area is 217 Å². The number of unbranched alkanes of at least 4 members (excludes halogenated alkanes) is 6. The molecule has 1 N–H and O–H groups in total. The van der Waals surface area contributed by atoms with Gasteiger partial charge in [0.1, 0.15) is 5.78 Å². The first-order valence-electron chi connectivity index (χ1n) is 13.8. The van der Waals surface area contributed by atoms with E-state index in [1.54, 1.807) is 6.20 Å².